The summed E-state index contributed by atoms with van der Waals surface area (Å²) in [6, 6.07) is -0.298. The fourth-order valence-electron chi connectivity index (χ4n) is 1.64. The van der Waals surface area contributed by atoms with E-state index in [0.29, 0.717) is 16.5 Å². The van der Waals surface area contributed by atoms with Crippen LogP contribution in [0, 0.1) is 0 Å². The molecule has 1 unspecified atom stereocenters. The van der Waals surface area contributed by atoms with Crippen LogP contribution in [0.25, 0.3) is 0 Å². The lowest BCUT2D eigenvalue weighted by molar-refractivity contribution is 0.121. The Morgan fingerprint density at radius 2 is 2.33 bits per heavy atom. The Morgan fingerprint density at radius 3 is 3.00 bits per heavy atom. The fourth-order valence-corrected chi connectivity index (χ4v) is 1.86. The first-order valence-corrected chi connectivity index (χ1v) is 6.02. The number of hydrogen-bond acceptors (Lipinski definition) is 5. The maximum atomic E-state index is 12.1. The lowest BCUT2D eigenvalue weighted by Gasteiger charge is -2.34. The Hall–Kier alpha value is -1.76. The van der Waals surface area contributed by atoms with E-state index in [0.717, 1.165) is 0 Å². The van der Waals surface area contributed by atoms with Crippen molar-refractivity contribution >= 4 is 34.8 Å². The number of carbonyl (C=O) groups is 1. The molecule has 0 radical (unpaired) electrons. The molecule has 0 saturated carbocycles. The predicted octanol–water partition coefficient (Wildman–Crippen LogP) is 1.97. The lowest BCUT2D eigenvalue weighted by Crippen LogP contribution is -2.49. The van der Waals surface area contributed by atoms with Crippen molar-refractivity contribution in [3.63, 3.8) is 0 Å². The highest BCUT2D eigenvalue weighted by Crippen LogP contribution is 2.29. The monoisotopic (exact) mass is 266 g/mol. The van der Waals surface area contributed by atoms with Gasteiger partial charge in [-0.1, -0.05) is 12.2 Å². The molecule has 18 heavy (non-hydrogen) atoms. The zero-order valence-corrected chi connectivity index (χ0v) is 11.2. The number of rotatable bonds is 1. The number of ether oxygens (including phenoxy) is 1. The fraction of sp³-hybridized carbons (Fsp3) is 0.455. The third-order valence-corrected chi connectivity index (χ3v) is 2.92. The highest BCUT2D eigenvalue weighted by Gasteiger charge is 2.34. The lowest BCUT2D eigenvalue weighted by atomic mass is 10.2. The number of aromatic nitrogens is 2. The van der Waals surface area contributed by atoms with Gasteiger partial charge in [0.25, 0.3) is 0 Å². The zero-order valence-electron chi connectivity index (χ0n) is 10.4. The molecule has 96 valence electrons. The third-order valence-electron chi connectivity index (χ3n) is 2.48. The minimum absolute atomic E-state index is 0.196. The SMILES string of the molecule is CC(C)OC(=O)N1c2ncncc2NC(=S)C1C. The highest BCUT2D eigenvalue weighted by molar-refractivity contribution is 7.80. The second kappa shape index (κ2) is 4.85. The third kappa shape index (κ3) is 2.26. The summed E-state index contributed by atoms with van der Waals surface area (Å²) in [6.45, 7) is 5.41. The molecule has 0 aliphatic carbocycles. The number of hydrogen-bond donors (Lipinski definition) is 1. The summed E-state index contributed by atoms with van der Waals surface area (Å²) in [5, 5.41) is 3.00. The molecule has 6 nitrogen and oxygen atoms in total. The smallest absolute Gasteiger partial charge is 0.416 e. The quantitative estimate of drug-likeness (QED) is 0.784. The van der Waals surface area contributed by atoms with Crippen LogP contribution in [-0.2, 0) is 4.74 Å². The molecule has 0 saturated heterocycles. The Balaban J connectivity index is 2.38. The summed E-state index contributed by atoms with van der Waals surface area (Å²) < 4.78 is 5.20. The Bertz CT molecular complexity index is 492. The average Bonchev–Trinajstić information content (AvgIpc) is 2.29. The van der Waals surface area contributed by atoms with E-state index in [1.54, 1.807) is 20.0 Å². The molecule has 2 rings (SSSR count). The van der Waals surface area contributed by atoms with Crippen LogP contribution in [0.5, 0.6) is 0 Å². The van der Waals surface area contributed by atoms with Crippen molar-refractivity contribution in [2.75, 3.05) is 10.2 Å². The number of nitrogens with one attached hydrogen (secondary N) is 1. The van der Waals surface area contributed by atoms with Crippen LogP contribution in [0.3, 0.4) is 0 Å². The molecule has 1 aliphatic rings. The van der Waals surface area contributed by atoms with Crippen LogP contribution in [-0.4, -0.2) is 33.2 Å². The average molecular weight is 266 g/mol. The van der Waals surface area contributed by atoms with Crippen LogP contribution in [0.1, 0.15) is 20.8 Å². The van der Waals surface area contributed by atoms with Gasteiger partial charge in [-0.25, -0.2) is 14.8 Å². The minimum atomic E-state index is -0.457. The maximum absolute atomic E-state index is 12.1. The second-order valence-electron chi connectivity index (χ2n) is 4.23. The zero-order chi connectivity index (χ0) is 13.3. The van der Waals surface area contributed by atoms with Crippen LogP contribution < -0.4 is 10.2 Å². The van der Waals surface area contributed by atoms with Crippen molar-refractivity contribution in [1.82, 2.24) is 9.97 Å². The van der Waals surface area contributed by atoms with E-state index in [1.807, 2.05) is 6.92 Å². The molecule has 1 aliphatic heterocycles. The predicted molar refractivity (Wildman–Crippen MR) is 71.8 cm³/mol. The van der Waals surface area contributed by atoms with Gasteiger partial charge in [0.2, 0.25) is 0 Å². The first-order chi connectivity index (χ1) is 8.50. The number of fused-ring (bicyclic) bond motifs is 1. The van der Waals surface area contributed by atoms with Gasteiger partial charge in [-0.05, 0) is 20.8 Å². The van der Waals surface area contributed by atoms with Crippen molar-refractivity contribution in [1.29, 1.82) is 0 Å². The van der Waals surface area contributed by atoms with E-state index in [-0.39, 0.29) is 12.1 Å². The number of nitrogens with zero attached hydrogens (tertiary/aromatic N) is 3. The van der Waals surface area contributed by atoms with Gasteiger partial charge in [0.05, 0.1) is 18.3 Å². The Kier molecular flexibility index (Phi) is 3.42. The van der Waals surface area contributed by atoms with Gasteiger partial charge in [0.1, 0.15) is 17.0 Å². The largest absolute Gasteiger partial charge is 0.446 e. The summed E-state index contributed by atoms with van der Waals surface area (Å²) >= 11 is 5.20. The molecule has 0 bridgehead atoms. The number of carbonyl (C=O) groups excluding carboxylic acids is 1. The van der Waals surface area contributed by atoms with Crippen molar-refractivity contribution in [3.05, 3.63) is 12.5 Å². The minimum Gasteiger partial charge on any atom is -0.446 e. The molecule has 0 aromatic carbocycles. The van der Waals surface area contributed by atoms with Gasteiger partial charge in [0, 0.05) is 0 Å². The molecule has 0 spiro atoms. The molecule has 1 amide bonds. The number of thiocarbonyl (C=S) groups is 1. The molecular formula is C11H14N4O2S. The van der Waals surface area contributed by atoms with Crippen molar-refractivity contribution in [2.24, 2.45) is 0 Å². The molecule has 7 heteroatoms. The topological polar surface area (TPSA) is 67.3 Å². The Morgan fingerprint density at radius 1 is 1.61 bits per heavy atom. The highest BCUT2D eigenvalue weighted by atomic mass is 32.1. The van der Waals surface area contributed by atoms with E-state index in [9.17, 15) is 4.79 Å². The van der Waals surface area contributed by atoms with Crippen LogP contribution in [0.15, 0.2) is 12.5 Å². The summed E-state index contributed by atoms with van der Waals surface area (Å²) in [7, 11) is 0. The summed E-state index contributed by atoms with van der Waals surface area (Å²) in [4.78, 5) is 22.1. The summed E-state index contributed by atoms with van der Waals surface area (Å²) in [5.74, 6) is 0.483. The number of anilines is 2. The van der Waals surface area contributed by atoms with Crippen LogP contribution in [0.4, 0.5) is 16.3 Å². The molecule has 0 fully saturated rings. The van der Waals surface area contributed by atoms with E-state index >= 15 is 0 Å². The molecule has 1 aromatic rings. The van der Waals surface area contributed by atoms with Crippen molar-refractivity contribution in [3.8, 4) is 0 Å². The van der Waals surface area contributed by atoms with Gasteiger partial charge < -0.3 is 10.1 Å². The summed E-state index contributed by atoms with van der Waals surface area (Å²) in [5.41, 5.74) is 0.612. The van der Waals surface area contributed by atoms with E-state index in [1.165, 1.54) is 11.2 Å². The van der Waals surface area contributed by atoms with Gasteiger partial charge in [-0.3, -0.25) is 4.90 Å². The second-order valence-corrected chi connectivity index (χ2v) is 4.67. The molecule has 2 heterocycles. The summed E-state index contributed by atoms with van der Waals surface area (Å²) in [6.07, 6.45) is 2.31. The molecule has 1 aromatic heterocycles. The first-order valence-electron chi connectivity index (χ1n) is 5.61. The van der Waals surface area contributed by atoms with Gasteiger partial charge in [-0.15, -0.1) is 0 Å². The standard InChI is InChI=1S/C11H14N4O2S/c1-6(2)17-11(16)15-7(3)10(18)14-8-4-12-5-13-9(8)15/h4-7H,1-3H3,(H,14,18). The normalized spacial score (nSPS) is 18.3. The van der Waals surface area contributed by atoms with Crippen LogP contribution in [0.2, 0.25) is 0 Å². The van der Waals surface area contributed by atoms with Crippen molar-refractivity contribution in [2.45, 2.75) is 32.9 Å². The molecule has 1 N–H and O–H groups in total. The Labute approximate surface area is 110 Å². The van der Waals surface area contributed by atoms with Gasteiger partial charge in [-0.2, -0.15) is 0 Å². The van der Waals surface area contributed by atoms with Crippen molar-refractivity contribution < 1.29 is 9.53 Å². The molecular weight excluding hydrogens is 252 g/mol. The maximum Gasteiger partial charge on any atom is 0.416 e. The number of amides is 1. The first kappa shape index (κ1) is 12.7. The molecule has 1 atom stereocenters. The van der Waals surface area contributed by atoms with Gasteiger partial charge >= 0.3 is 6.09 Å². The van der Waals surface area contributed by atoms with Gasteiger partial charge in [0.15, 0.2) is 5.82 Å². The van der Waals surface area contributed by atoms with E-state index in [2.05, 4.69) is 15.3 Å². The van der Waals surface area contributed by atoms with E-state index in [4.69, 9.17) is 17.0 Å². The van der Waals surface area contributed by atoms with Crippen LogP contribution >= 0.6 is 12.2 Å². The van der Waals surface area contributed by atoms with E-state index < -0.39 is 6.09 Å².